The maximum absolute atomic E-state index is 11.4. The van der Waals surface area contributed by atoms with E-state index in [0.717, 1.165) is 54.0 Å². The highest BCUT2D eigenvalue weighted by Crippen LogP contribution is 2.38. The third kappa shape index (κ3) is 3.77. The number of carbonyl (C=O) groups is 1. The van der Waals surface area contributed by atoms with Crippen molar-refractivity contribution in [2.45, 2.75) is 57.6 Å². The zero-order valence-electron chi connectivity index (χ0n) is 16.8. The summed E-state index contributed by atoms with van der Waals surface area (Å²) in [5, 5.41) is 11.5. The Labute approximate surface area is 170 Å². The van der Waals surface area contributed by atoms with Crippen LogP contribution in [0, 0.1) is 0 Å². The summed E-state index contributed by atoms with van der Waals surface area (Å²) >= 11 is 0. The number of nitrogens with zero attached hydrogens (tertiary/aromatic N) is 3. The fourth-order valence-electron chi connectivity index (χ4n) is 4.25. The SMILES string of the molecule is CCC(CC)c1nnc2ccc(O[C@@H]3CC[C@H](NC(N)=O)c4ccccc43)cn12. The summed E-state index contributed by atoms with van der Waals surface area (Å²) in [6.07, 6.45) is 5.52. The predicted molar refractivity (Wildman–Crippen MR) is 111 cm³/mol. The Hall–Kier alpha value is -3.09. The van der Waals surface area contributed by atoms with E-state index in [1.165, 1.54) is 0 Å². The van der Waals surface area contributed by atoms with Gasteiger partial charge >= 0.3 is 6.03 Å². The maximum Gasteiger partial charge on any atom is 0.312 e. The predicted octanol–water partition coefficient (Wildman–Crippen LogP) is 4.26. The van der Waals surface area contributed by atoms with Gasteiger partial charge in [-0.2, -0.15) is 0 Å². The molecule has 2 aromatic heterocycles. The van der Waals surface area contributed by atoms with Crippen molar-refractivity contribution in [1.82, 2.24) is 19.9 Å². The zero-order chi connectivity index (χ0) is 20.4. The summed E-state index contributed by atoms with van der Waals surface area (Å²) in [5.41, 5.74) is 8.32. The number of carbonyl (C=O) groups excluding carboxylic acids is 1. The van der Waals surface area contributed by atoms with E-state index in [1.807, 2.05) is 40.9 Å². The van der Waals surface area contributed by atoms with Crippen LogP contribution in [-0.4, -0.2) is 20.6 Å². The number of rotatable bonds is 6. The number of urea groups is 1. The highest BCUT2D eigenvalue weighted by molar-refractivity contribution is 5.72. The number of primary amides is 1. The highest BCUT2D eigenvalue weighted by Gasteiger charge is 2.29. The van der Waals surface area contributed by atoms with E-state index < -0.39 is 6.03 Å². The number of aromatic nitrogens is 3. The second kappa shape index (κ2) is 8.11. The van der Waals surface area contributed by atoms with Gasteiger partial charge in [0.15, 0.2) is 5.65 Å². The van der Waals surface area contributed by atoms with Crippen molar-refractivity contribution in [3.63, 3.8) is 0 Å². The van der Waals surface area contributed by atoms with Gasteiger partial charge in [-0.1, -0.05) is 38.1 Å². The topological polar surface area (TPSA) is 94.5 Å². The standard InChI is InChI=1S/C22H27N5O2/c1-3-14(4-2)21-26-25-20-12-9-15(13-27(20)21)29-19-11-10-18(24-22(23)28)16-7-5-6-8-17(16)19/h5-9,12-14,18-19H,3-4,10-11H2,1-2H3,(H3,23,24,28)/t18-,19+/m0/s1. The van der Waals surface area contributed by atoms with Crippen LogP contribution >= 0.6 is 0 Å². The Balaban J connectivity index is 1.63. The minimum atomic E-state index is -0.504. The molecule has 1 aromatic carbocycles. The van der Waals surface area contributed by atoms with Gasteiger partial charge in [0.25, 0.3) is 0 Å². The molecule has 0 saturated heterocycles. The quantitative estimate of drug-likeness (QED) is 0.654. The molecule has 3 N–H and O–H groups in total. The first kappa shape index (κ1) is 19.2. The molecule has 4 rings (SSSR count). The number of pyridine rings is 1. The van der Waals surface area contributed by atoms with Crippen molar-refractivity contribution in [2.75, 3.05) is 0 Å². The average molecular weight is 393 g/mol. The molecular formula is C22H27N5O2. The molecule has 1 aliphatic rings. The van der Waals surface area contributed by atoms with Crippen LogP contribution in [0.4, 0.5) is 4.79 Å². The molecule has 0 aliphatic heterocycles. The monoisotopic (exact) mass is 393 g/mol. The number of amides is 2. The van der Waals surface area contributed by atoms with Gasteiger partial charge in [-0.15, -0.1) is 10.2 Å². The van der Waals surface area contributed by atoms with Crippen LogP contribution in [0.3, 0.4) is 0 Å². The lowest BCUT2D eigenvalue weighted by molar-refractivity contribution is 0.171. The minimum absolute atomic E-state index is 0.0784. The van der Waals surface area contributed by atoms with E-state index in [0.29, 0.717) is 5.92 Å². The largest absolute Gasteiger partial charge is 0.484 e. The fraction of sp³-hybridized carbons (Fsp3) is 0.409. The highest BCUT2D eigenvalue weighted by atomic mass is 16.5. The number of fused-ring (bicyclic) bond motifs is 2. The molecule has 29 heavy (non-hydrogen) atoms. The normalized spacial score (nSPS) is 18.6. The number of ether oxygens (including phenoxy) is 1. The minimum Gasteiger partial charge on any atom is -0.484 e. The Kier molecular flexibility index (Phi) is 5.38. The second-order valence-electron chi connectivity index (χ2n) is 7.54. The van der Waals surface area contributed by atoms with E-state index in [2.05, 4.69) is 35.4 Å². The molecule has 1 aliphatic carbocycles. The lowest BCUT2D eigenvalue weighted by Gasteiger charge is -2.32. The molecule has 0 unspecified atom stereocenters. The first-order chi connectivity index (χ1) is 14.1. The summed E-state index contributed by atoms with van der Waals surface area (Å²) in [5.74, 6) is 2.13. The smallest absolute Gasteiger partial charge is 0.312 e. The van der Waals surface area contributed by atoms with Crippen molar-refractivity contribution in [3.05, 3.63) is 59.5 Å². The Morgan fingerprint density at radius 1 is 1.17 bits per heavy atom. The molecule has 3 aromatic rings. The Morgan fingerprint density at radius 2 is 1.93 bits per heavy atom. The van der Waals surface area contributed by atoms with E-state index in [-0.39, 0.29) is 12.1 Å². The maximum atomic E-state index is 11.4. The van der Waals surface area contributed by atoms with E-state index in [1.54, 1.807) is 0 Å². The first-order valence-corrected chi connectivity index (χ1v) is 10.3. The average Bonchev–Trinajstić information content (AvgIpc) is 3.14. The van der Waals surface area contributed by atoms with Gasteiger partial charge in [-0.05, 0) is 48.9 Å². The molecule has 0 radical (unpaired) electrons. The van der Waals surface area contributed by atoms with Crippen LogP contribution in [0.5, 0.6) is 5.75 Å². The van der Waals surface area contributed by atoms with Crippen LogP contribution in [0.1, 0.15) is 74.5 Å². The summed E-state index contributed by atoms with van der Waals surface area (Å²) in [6.45, 7) is 4.34. The zero-order valence-corrected chi connectivity index (χ0v) is 16.8. The van der Waals surface area contributed by atoms with Crippen LogP contribution in [-0.2, 0) is 0 Å². The third-order valence-electron chi connectivity index (χ3n) is 5.78. The molecule has 0 bridgehead atoms. The van der Waals surface area contributed by atoms with Crippen molar-refractivity contribution >= 4 is 11.7 Å². The van der Waals surface area contributed by atoms with Crippen molar-refractivity contribution in [2.24, 2.45) is 5.73 Å². The molecule has 0 spiro atoms. The molecule has 2 atom stereocenters. The number of hydrogen-bond acceptors (Lipinski definition) is 4. The summed E-state index contributed by atoms with van der Waals surface area (Å²) < 4.78 is 8.44. The molecule has 2 amide bonds. The Morgan fingerprint density at radius 3 is 2.66 bits per heavy atom. The second-order valence-corrected chi connectivity index (χ2v) is 7.54. The van der Waals surface area contributed by atoms with Crippen molar-refractivity contribution in [3.8, 4) is 5.75 Å². The lowest BCUT2D eigenvalue weighted by Crippen LogP contribution is -2.36. The number of nitrogens with one attached hydrogen (secondary N) is 1. The fourth-order valence-corrected chi connectivity index (χ4v) is 4.25. The van der Waals surface area contributed by atoms with Gasteiger partial charge in [-0.25, -0.2) is 4.79 Å². The molecule has 0 saturated carbocycles. The number of nitrogens with two attached hydrogens (primary N) is 1. The van der Waals surface area contributed by atoms with Gasteiger partial charge in [0, 0.05) is 5.92 Å². The van der Waals surface area contributed by atoms with E-state index in [9.17, 15) is 4.79 Å². The van der Waals surface area contributed by atoms with Crippen molar-refractivity contribution < 1.29 is 9.53 Å². The van der Waals surface area contributed by atoms with Gasteiger partial charge in [-0.3, -0.25) is 4.40 Å². The molecule has 7 nitrogen and oxygen atoms in total. The third-order valence-corrected chi connectivity index (χ3v) is 5.78. The van der Waals surface area contributed by atoms with Crippen LogP contribution in [0.25, 0.3) is 5.65 Å². The van der Waals surface area contributed by atoms with Gasteiger partial charge in [0.05, 0.1) is 12.2 Å². The summed E-state index contributed by atoms with van der Waals surface area (Å²) in [6, 6.07) is 11.4. The van der Waals surface area contributed by atoms with Crippen molar-refractivity contribution in [1.29, 1.82) is 0 Å². The van der Waals surface area contributed by atoms with Crippen LogP contribution in [0.2, 0.25) is 0 Å². The summed E-state index contributed by atoms with van der Waals surface area (Å²) in [7, 11) is 0. The number of benzene rings is 1. The lowest BCUT2D eigenvalue weighted by atomic mass is 9.85. The van der Waals surface area contributed by atoms with Crippen LogP contribution < -0.4 is 15.8 Å². The number of hydrogen-bond donors (Lipinski definition) is 2. The van der Waals surface area contributed by atoms with Crippen LogP contribution in [0.15, 0.2) is 42.6 Å². The van der Waals surface area contributed by atoms with E-state index in [4.69, 9.17) is 10.5 Å². The molecule has 7 heteroatoms. The molecule has 0 fully saturated rings. The first-order valence-electron chi connectivity index (χ1n) is 10.3. The molecule has 152 valence electrons. The van der Waals surface area contributed by atoms with Gasteiger partial charge < -0.3 is 15.8 Å². The van der Waals surface area contributed by atoms with E-state index >= 15 is 0 Å². The molecular weight excluding hydrogens is 366 g/mol. The molecule has 2 heterocycles. The van der Waals surface area contributed by atoms with Gasteiger partial charge in [0.1, 0.15) is 17.7 Å². The van der Waals surface area contributed by atoms with Gasteiger partial charge in [0.2, 0.25) is 0 Å². The summed E-state index contributed by atoms with van der Waals surface area (Å²) in [4.78, 5) is 11.4. The Bertz CT molecular complexity index is 1010.